The second-order valence-corrected chi connectivity index (χ2v) is 8.93. The first-order valence-corrected chi connectivity index (χ1v) is 10.8. The molecule has 1 N–H and O–H groups in total. The van der Waals surface area contributed by atoms with Crippen molar-refractivity contribution >= 4 is 33.0 Å². The van der Waals surface area contributed by atoms with Crippen LogP contribution in [0.1, 0.15) is 22.8 Å². The number of benzene rings is 2. The number of rotatable bonds is 5. The number of anilines is 2. The molecule has 10 heteroatoms. The zero-order valence-electron chi connectivity index (χ0n) is 16.4. The molecule has 1 atom stereocenters. The smallest absolute Gasteiger partial charge is 0.310 e. The van der Waals surface area contributed by atoms with Gasteiger partial charge in [0.1, 0.15) is 11.9 Å². The molecule has 0 saturated carbocycles. The number of sulfonamides is 1. The summed E-state index contributed by atoms with van der Waals surface area (Å²) in [7, 11) is -3.92. The number of aromatic nitrogens is 1. The summed E-state index contributed by atoms with van der Waals surface area (Å²) in [5, 5.41) is 13.6. The Bertz CT molecular complexity index is 1290. The highest BCUT2D eigenvalue weighted by molar-refractivity contribution is 7.92. The van der Waals surface area contributed by atoms with Crippen LogP contribution in [0.5, 0.6) is 0 Å². The summed E-state index contributed by atoms with van der Waals surface area (Å²) in [6.45, 7) is 1.83. The Kier molecular flexibility index (Phi) is 5.15. The van der Waals surface area contributed by atoms with Crippen molar-refractivity contribution in [1.29, 1.82) is 0 Å². The Morgan fingerprint density at radius 2 is 1.97 bits per heavy atom. The molecular formula is C21H18N4O5S. The summed E-state index contributed by atoms with van der Waals surface area (Å²) in [4.78, 5) is 26.8. The number of pyridine rings is 1. The lowest BCUT2D eigenvalue weighted by atomic mass is 10.1. The summed E-state index contributed by atoms with van der Waals surface area (Å²) < 4.78 is 28.1. The molecule has 0 bridgehead atoms. The van der Waals surface area contributed by atoms with Crippen molar-refractivity contribution < 1.29 is 18.1 Å². The summed E-state index contributed by atoms with van der Waals surface area (Å²) >= 11 is 0. The molecule has 1 unspecified atom stereocenters. The lowest BCUT2D eigenvalue weighted by molar-refractivity contribution is -0.384. The van der Waals surface area contributed by atoms with Crippen LogP contribution in [0.15, 0.2) is 71.9 Å². The fraction of sp³-hybridized carbons (Fsp3) is 0.143. The summed E-state index contributed by atoms with van der Waals surface area (Å²) in [5.41, 5.74) is 1.24. The number of hydrogen-bond acceptors (Lipinski definition) is 6. The van der Waals surface area contributed by atoms with Gasteiger partial charge in [0.05, 0.1) is 15.5 Å². The maximum atomic E-state index is 13.4. The quantitative estimate of drug-likeness (QED) is 0.481. The van der Waals surface area contributed by atoms with Crippen LogP contribution in [0.2, 0.25) is 0 Å². The van der Waals surface area contributed by atoms with E-state index in [0.717, 1.165) is 11.8 Å². The van der Waals surface area contributed by atoms with Gasteiger partial charge in [0.25, 0.3) is 15.9 Å². The second-order valence-electron chi connectivity index (χ2n) is 7.11. The molecule has 9 nitrogen and oxygen atoms in total. The number of nitrogens with one attached hydrogen (secondary N) is 1. The van der Waals surface area contributed by atoms with Gasteiger partial charge in [-0.25, -0.2) is 8.42 Å². The molecule has 0 aliphatic carbocycles. The van der Waals surface area contributed by atoms with Crippen LogP contribution < -0.4 is 9.62 Å². The van der Waals surface area contributed by atoms with Gasteiger partial charge in [-0.05, 0) is 49.2 Å². The largest absolute Gasteiger partial charge is 0.316 e. The van der Waals surface area contributed by atoms with Gasteiger partial charge in [-0.3, -0.25) is 24.2 Å². The molecule has 1 aromatic heterocycles. The van der Waals surface area contributed by atoms with E-state index in [1.165, 1.54) is 40.8 Å². The lowest BCUT2D eigenvalue weighted by Gasteiger charge is -2.24. The Morgan fingerprint density at radius 3 is 2.74 bits per heavy atom. The van der Waals surface area contributed by atoms with Crippen molar-refractivity contribution in [3.05, 3.63) is 88.2 Å². The van der Waals surface area contributed by atoms with E-state index in [9.17, 15) is 23.3 Å². The molecule has 3 aromatic rings. The molecule has 0 fully saturated rings. The Labute approximate surface area is 178 Å². The number of carbonyl (C=O) groups is 1. The molecule has 4 rings (SSSR count). The van der Waals surface area contributed by atoms with Crippen molar-refractivity contribution in [2.24, 2.45) is 0 Å². The van der Waals surface area contributed by atoms with E-state index in [0.29, 0.717) is 12.1 Å². The number of carbonyl (C=O) groups excluding carboxylic acids is 1. The summed E-state index contributed by atoms with van der Waals surface area (Å²) in [5.74, 6) is -0.666. The molecule has 0 radical (unpaired) electrons. The maximum Gasteiger partial charge on any atom is 0.310 e. The van der Waals surface area contributed by atoms with Crippen LogP contribution in [0.4, 0.5) is 17.1 Å². The molecule has 0 spiro atoms. The third-order valence-corrected chi connectivity index (χ3v) is 6.97. The number of nitrogens with zero attached hydrogens (tertiary/aromatic N) is 3. The molecule has 2 aromatic carbocycles. The number of nitro groups is 1. The monoisotopic (exact) mass is 438 g/mol. The van der Waals surface area contributed by atoms with Gasteiger partial charge in [-0.15, -0.1) is 0 Å². The van der Waals surface area contributed by atoms with Crippen LogP contribution in [0.25, 0.3) is 0 Å². The lowest BCUT2D eigenvalue weighted by Crippen LogP contribution is -2.35. The zero-order chi connectivity index (χ0) is 22.2. The number of fused-ring (bicyclic) bond motifs is 1. The molecule has 1 amide bonds. The van der Waals surface area contributed by atoms with E-state index in [2.05, 4.69) is 10.3 Å². The van der Waals surface area contributed by atoms with Crippen LogP contribution >= 0.6 is 0 Å². The van der Waals surface area contributed by atoms with Crippen molar-refractivity contribution in [2.45, 2.75) is 24.3 Å². The van der Waals surface area contributed by atoms with Gasteiger partial charge in [-0.2, -0.15) is 0 Å². The Morgan fingerprint density at radius 1 is 1.19 bits per heavy atom. The van der Waals surface area contributed by atoms with Gasteiger partial charge in [0.2, 0.25) is 0 Å². The van der Waals surface area contributed by atoms with Gasteiger partial charge in [-0.1, -0.05) is 24.3 Å². The average molecular weight is 438 g/mol. The minimum Gasteiger partial charge on any atom is -0.316 e. The SMILES string of the molecule is CC1Cc2ccccc2N1S(=O)(=O)c1cccc(C(=O)Nc2ccncc2[N+](=O)[O-])c1. The summed E-state index contributed by atoms with van der Waals surface area (Å²) in [6.07, 6.45) is 2.94. The highest BCUT2D eigenvalue weighted by Crippen LogP contribution is 2.36. The number of amides is 1. The summed E-state index contributed by atoms with van der Waals surface area (Å²) in [6, 6.07) is 14.0. The standard InChI is InChI=1S/C21H18N4O5S/c1-14-11-15-5-2-3-8-19(15)24(14)31(29,30)17-7-4-6-16(12-17)21(26)23-18-9-10-22-13-20(18)25(27)28/h2-10,12-14H,11H2,1H3,(H,22,23,26). The first kappa shape index (κ1) is 20.5. The van der Waals surface area contributed by atoms with E-state index in [-0.39, 0.29) is 27.9 Å². The molecule has 2 heterocycles. The second kappa shape index (κ2) is 7.80. The number of para-hydroxylation sites is 1. The van der Waals surface area contributed by atoms with E-state index < -0.39 is 20.9 Å². The molecule has 31 heavy (non-hydrogen) atoms. The van der Waals surface area contributed by atoms with Crippen LogP contribution in [0.3, 0.4) is 0 Å². The zero-order valence-corrected chi connectivity index (χ0v) is 17.2. The van der Waals surface area contributed by atoms with E-state index in [1.54, 1.807) is 12.1 Å². The first-order chi connectivity index (χ1) is 14.8. The van der Waals surface area contributed by atoms with Crippen molar-refractivity contribution in [1.82, 2.24) is 4.98 Å². The van der Waals surface area contributed by atoms with Crippen LogP contribution in [-0.4, -0.2) is 30.3 Å². The molecule has 0 saturated heterocycles. The average Bonchev–Trinajstić information content (AvgIpc) is 3.10. The van der Waals surface area contributed by atoms with Crippen LogP contribution in [0, 0.1) is 10.1 Å². The maximum absolute atomic E-state index is 13.4. The van der Waals surface area contributed by atoms with Crippen molar-refractivity contribution in [3.63, 3.8) is 0 Å². The normalized spacial score (nSPS) is 15.4. The fourth-order valence-electron chi connectivity index (χ4n) is 3.65. The van der Waals surface area contributed by atoms with Gasteiger partial charge in [0, 0.05) is 17.8 Å². The van der Waals surface area contributed by atoms with E-state index in [4.69, 9.17) is 0 Å². The van der Waals surface area contributed by atoms with Gasteiger partial charge >= 0.3 is 5.69 Å². The minimum absolute atomic E-state index is 0.0275. The molecule has 1 aliphatic rings. The molecule has 158 valence electrons. The van der Waals surface area contributed by atoms with Crippen LogP contribution in [-0.2, 0) is 16.4 Å². The van der Waals surface area contributed by atoms with E-state index >= 15 is 0 Å². The first-order valence-electron chi connectivity index (χ1n) is 9.41. The third-order valence-electron chi connectivity index (χ3n) is 5.04. The minimum atomic E-state index is -3.92. The topological polar surface area (TPSA) is 123 Å². The van der Waals surface area contributed by atoms with Crippen molar-refractivity contribution in [2.75, 3.05) is 9.62 Å². The van der Waals surface area contributed by atoms with Crippen molar-refractivity contribution in [3.8, 4) is 0 Å². The predicted molar refractivity (Wildman–Crippen MR) is 115 cm³/mol. The predicted octanol–water partition coefficient (Wildman–Crippen LogP) is 3.38. The van der Waals surface area contributed by atoms with Gasteiger partial charge in [0.15, 0.2) is 0 Å². The molecular weight excluding hydrogens is 420 g/mol. The highest BCUT2D eigenvalue weighted by Gasteiger charge is 2.36. The number of hydrogen-bond donors (Lipinski definition) is 1. The van der Waals surface area contributed by atoms with E-state index in [1.807, 2.05) is 19.1 Å². The highest BCUT2D eigenvalue weighted by atomic mass is 32.2. The third kappa shape index (κ3) is 3.73. The van der Waals surface area contributed by atoms with Gasteiger partial charge < -0.3 is 5.32 Å². The Balaban J connectivity index is 1.66. The molecule has 1 aliphatic heterocycles. The Hall–Kier alpha value is -3.79. The fourth-order valence-corrected chi connectivity index (χ4v) is 5.39.